The molecule has 1 rings (SSSR count). The van der Waals surface area contributed by atoms with Gasteiger partial charge in [-0.05, 0) is 13.3 Å². The molecular formula is C9H15N3S. The molecule has 0 bridgehead atoms. The van der Waals surface area contributed by atoms with Crippen LogP contribution < -0.4 is 5.32 Å². The number of nitrogens with zero attached hydrogens (tertiary/aromatic N) is 2. The highest BCUT2D eigenvalue weighted by Crippen LogP contribution is 2.13. The molecule has 0 saturated heterocycles. The lowest BCUT2D eigenvalue weighted by Gasteiger charge is -2.08. The van der Waals surface area contributed by atoms with Crippen LogP contribution in [0.4, 0.5) is 5.13 Å². The Morgan fingerprint density at radius 2 is 2.46 bits per heavy atom. The van der Waals surface area contributed by atoms with Crippen LogP contribution in [0.3, 0.4) is 0 Å². The Labute approximate surface area is 83.1 Å². The van der Waals surface area contributed by atoms with E-state index in [4.69, 9.17) is 0 Å². The number of hydrogen-bond donors (Lipinski definition) is 1. The topological polar surface area (TPSA) is 37.8 Å². The van der Waals surface area contributed by atoms with E-state index in [1.807, 2.05) is 6.08 Å². The second-order valence-corrected chi connectivity index (χ2v) is 3.69. The molecule has 0 aliphatic rings. The van der Waals surface area contributed by atoms with E-state index in [2.05, 4.69) is 35.1 Å². The van der Waals surface area contributed by atoms with Crippen LogP contribution >= 0.6 is 11.5 Å². The molecular weight excluding hydrogens is 182 g/mol. The van der Waals surface area contributed by atoms with Crippen LogP contribution in [-0.4, -0.2) is 15.4 Å². The quantitative estimate of drug-likeness (QED) is 0.737. The number of anilines is 1. The van der Waals surface area contributed by atoms with Gasteiger partial charge in [-0.15, -0.1) is 6.58 Å². The Morgan fingerprint density at radius 1 is 1.69 bits per heavy atom. The van der Waals surface area contributed by atoms with Gasteiger partial charge in [0.2, 0.25) is 5.13 Å². The summed E-state index contributed by atoms with van der Waals surface area (Å²) in [5.41, 5.74) is 0. The van der Waals surface area contributed by atoms with Crippen molar-refractivity contribution in [2.24, 2.45) is 0 Å². The van der Waals surface area contributed by atoms with E-state index in [0.29, 0.717) is 6.04 Å². The molecule has 0 aromatic carbocycles. The summed E-state index contributed by atoms with van der Waals surface area (Å²) in [4.78, 5) is 4.31. The molecule has 1 heterocycles. The molecule has 0 spiro atoms. The second-order valence-electron chi connectivity index (χ2n) is 2.94. The summed E-state index contributed by atoms with van der Waals surface area (Å²) < 4.78 is 4.19. The highest BCUT2D eigenvalue weighted by molar-refractivity contribution is 7.09. The Balaban J connectivity index is 2.48. The van der Waals surface area contributed by atoms with Gasteiger partial charge in [0.15, 0.2) is 0 Å². The van der Waals surface area contributed by atoms with Crippen molar-refractivity contribution in [3.05, 3.63) is 18.5 Å². The van der Waals surface area contributed by atoms with Crippen molar-refractivity contribution in [1.82, 2.24) is 9.36 Å². The monoisotopic (exact) mass is 197 g/mol. The first-order valence-electron chi connectivity index (χ1n) is 4.46. The first-order valence-corrected chi connectivity index (χ1v) is 5.23. The zero-order valence-corrected chi connectivity index (χ0v) is 8.90. The van der Waals surface area contributed by atoms with Crippen LogP contribution in [0.1, 0.15) is 26.1 Å². The lowest BCUT2D eigenvalue weighted by molar-refractivity contribution is 0.810. The fourth-order valence-electron chi connectivity index (χ4n) is 0.976. The van der Waals surface area contributed by atoms with Gasteiger partial charge in [-0.1, -0.05) is 13.0 Å². The van der Waals surface area contributed by atoms with E-state index >= 15 is 0 Å². The number of rotatable bonds is 5. The molecule has 1 N–H and O–H groups in total. The molecule has 0 aliphatic heterocycles. The maximum absolute atomic E-state index is 4.31. The molecule has 0 fully saturated rings. The van der Waals surface area contributed by atoms with Gasteiger partial charge in [0, 0.05) is 24.0 Å². The molecule has 1 unspecified atom stereocenters. The number of hydrogen-bond acceptors (Lipinski definition) is 4. The Bertz CT molecular complexity index is 270. The smallest absolute Gasteiger partial charge is 0.202 e. The standard InChI is InChI=1S/C9H15N3S/c1-4-6-7(3)10-9-11-8(5-2)12-13-9/h4,7H,1,5-6H2,2-3H3,(H,10,11,12). The zero-order chi connectivity index (χ0) is 9.68. The second kappa shape index (κ2) is 4.97. The number of aryl methyl sites for hydroxylation is 1. The van der Waals surface area contributed by atoms with Crippen molar-refractivity contribution >= 4 is 16.7 Å². The first kappa shape index (κ1) is 10.2. The largest absolute Gasteiger partial charge is 0.358 e. The van der Waals surface area contributed by atoms with Gasteiger partial charge in [-0.2, -0.15) is 4.37 Å². The molecule has 4 heteroatoms. The van der Waals surface area contributed by atoms with Crippen LogP contribution in [0.5, 0.6) is 0 Å². The Kier molecular flexibility index (Phi) is 3.89. The van der Waals surface area contributed by atoms with Crippen LogP contribution in [0.2, 0.25) is 0 Å². The maximum Gasteiger partial charge on any atom is 0.202 e. The fourth-order valence-corrected chi connectivity index (χ4v) is 1.74. The predicted molar refractivity (Wildman–Crippen MR) is 57.2 cm³/mol. The van der Waals surface area contributed by atoms with Crippen molar-refractivity contribution in [2.75, 3.05) is 5.32 Å². The minimum Gasteiger partial charge on any atom is -0.358 e. The van der Waals surface area contributed by atoms with E-state index in [9.17, 15) is 0 Å². The average molecular weight is 197 g/mol. The van der Waals surface area contributed by atoms with Crippen molar-refractivity contribution in [3.63, 3.8) is 0 Å². The molecule has 0 radical (unpaired) electrons. The van der Waals surface area contributed by atoms with Gasteiger partial charge in [0.1, 0.15) is 5.82 Å². The van der Waals surface area contributed by atoms with Gasteiger partial charge in [0.05, 0.1) is 0 Å². The van der Waals surface area contributed by atoms with Crippen molar-refractivity contribution < 1.29 is 0 Å². The molecule has 0 aliphatic carbocycles. The summed E-state index contributed by atoms with van der Waals surface area (Å²) in [6.45, 7) is 7.85. The molecule has 1 atom stereocenters. The number of aromatic nitrogens is 2. The SMILES string of the molecule is C=CCC(C)Nc1nc(CC)ns1. The van der Waals surface area contributed by atoms with E-state index in [1.54, 1.807) is 0 Å². The van der Waals surface area contributed by atoms with E-state index in [0.717, 1.165) is 23.8 Å². The molecule has 72 valence electrons. The summed E-state index contributed by atoms with van der Waals surface area (Å²) in [6, 6.07) is 0.384. The number of nitrogens with one attached hydrogen (secondary N) is 1. The lowest BCUT2D eigenvalue weighted by atomic mass is 10.2. The van der Waals surface area contributed by atoms with Gasteiger partial charge in [-0.3, -0.25) is 0 Å². The normalized spacial score (nSPS) is 12.5. The fraction of sp³-hybridized carbons (Fsp3) is 0.556. The molecule has 3 nitrogen and oxygen atoms in total. The van der Waals surface area contributed by atoms with E-state index < -0.39 is 0 Å². The molecule has 13 heavy (non-hydrogen) atoms. The minimum absolute atomic E-state index is 0.384. The van der Waals surface area contributed by atoms with Gasteiger partial charge in [-0.25, -0.2) is 4.98 Å². The van der Waals surface area contributed by atoms with Gasteiger partial charge < -0.3 is 5.32 Å². The molecule has 1 aromatic rings. The van der Waals surface area contributed by atoms with Crippen LogP contribution in [0.25, 0.3) is 0 Å². The summed E-state index contributed by atoms with van der Waals surface area (Å²) in [6.07, 6.45) is 3.74. The Morgan fingerprint density at radius 3 is 3.00 bits per heavy atom. The van der Waals surface area contributed by atoms with Crippen LogP contribution in [-0.2, 0) is 6.42 Å². The first-order chi connectivity index (χ1) is 6.26. The third-order valence-electron chi connectivity index (χ3n) is 1.67. The highest BCUT2D eigenvalue weighted by atomic mass is 32.1. The summed E-state index contributed by atoms with van der Waals surface area (Å²) in [7, 11) is 0. The van der Waals surface area contributed by atoms with Crippen molar-refractivity contribution in [3.8, 4) is 0 Å². The summed E-state index contributed by atoms with van der Waals surface area (Å²) in [5.74, 6) is 0.915. The molecule has 0 amide bonds. The van der Waals surface area contributed by atoms with Crippen LogP contribution in [0, 0.1) is 0 Å². The Hall–Kier alpha value is -0.900. The third-order valence-corrected chi connectivity index (χ3v) is 2.36. The zero-order valence-electron chi connectivity index (χ0n) is 8.08. The molecule has 1 aromatic heterocycles. The maximum atomic E-state index is 4.31. The molecule has 0 saturated carbocycles. The summed E-state index contributed by atoms with van der Waals surface area (Å²) >= 11 is 1.42. The predicted octanol–water partition coefficient (Wildman–Crippen LogP) is 2.48. The summed E-state index contributed by atoms with van der Waals surface area (Å²) in [5, 5.41) is 4.18. The van der Waals surface area contributed by atoms with Gasteiger partial charge >= 0.3 is 0 Å². The van der Waals surface area contributed by atoms with Crippen molar-refractivity contribution in [2.45, 2.75) is 32.7 Å². The van der Waals surface area contributed by atoms with Gasteiger partial charge in [0.25, 0.3) is 0 Å². The van der Waals surface area contributed by atoms with Crippen molar-refractivity contribution in [1.29, 1.82) is 0 Å². The van der Waals surface area contributed by atoms with E-state index in [1.165, 1.54) is 11.5 Å². The lowest BCUT2D eigenvalue weighted by Crippen LogP contribution is -2.13. The minimum atomic E-state index is 0.384. The third kappa shape index (κ3) is 3.14. The highest BCUT2D eigenvalue weighted by Gasteiger charge is 2.04. The average Bonchev–Trinajstić information content (AvgIpc) is 2.52. The van der Waals surface area contributed by atoms with E-state index in [-0.39, 0.29) is 0 Å². The van der Waals surface area contributed by atoms with Crippen LogP contribution in [0.15, 0.2) is 12.7 Å².